The molecule has 1 aliphatic carbocycles. The summed E-state index contributed by atoms with van der Waals surface area (Å²) in [6, 6.07) is 0. The van der Waals surface area contributed by atoms with E-state index in [1.54, 1.807) is 0 Å². The van der Waals surface area contributed by atoms with Gasteiger partial charge < -0.3 is 15.4 Å². The van der Waals surface area contributed by atoms with Gasteiger partial charge in [0.15, 0.2) is 0 Å². The Morgan fingerprint density at radius 3 is 2.88 bits per heavy atom. The highest BCUT2D eigenvalue weighted by Crippen LogP contribution is 2.32. The van der Waals surface area contributed by atoms with Crippen molar-refractivity contribution in [3.8, 4) is 0 Å². The molecular formula is C13H24N2O2. The van der Waals surface area contributed by atoms with Crippen LogP contribution >= 0.6 is 0 Å². The topological polar surface area (TPSA) is 55.6 Å². The molecular weight excluding hydrogens is 216 g/mol. The van der Waals surface area contributed by atoms with Crippen LogP contribution in [0, 0.1) is 5.92 Å². The van der Waals surface area contributed by atoms with E-state index in [2.05, 4.69) is 6.92 Å². The first-order valence-corrected chi connectivity index (χ1v) is 6.71. The largest absolute Gasteiger partial charge is 0.375 e. The molecule has 0 aromatic rings. The van der Waals surface area contributed by atoms with Gasteiger partial charge in [-0.25, -0.2) is 0 Å². The lowest BCUT2D eigenvalue weighted by atomic mass is 9.76. The maximum atomic E-state index is 12.5. The van der Waals surface area contributed by atoms with Crippen molar-refractivity contribution >= 4 is 5.91 Å². The van der Waals surface area contributed by atoms with Crippen LogP contribution < -0.4 is 5.73 Å². The molecule has 3 unspecified atom stereocenters. The molecule has 4 heteroatoms. The molecule has 1 amide bonds. The minimum Gasteiger partial charge on any atom is -0.375 e. The molecule has 0 aromatic carbocycles. The Labute approximate surface area is 103 Å². The predicted molar refractivity (Wildman–Crippen MR) is 66.5 cm³/mol. The van der Waals surface area contributed by atoms with Crippen LogP contribution in [-0.4, -0.2) is 42.1 Å². The molecule has 0 spiro atoms. The van der Waals surface area contributed by atoms with E-state index in [0.29, 0.717) is 25.6 Å². The first kappa shape index (κ1) is 12.8. The predicted octanol–water partition coefficient (Wildman–Crippen LogP) is 1.14. The average Bonchev–Trinajstić information content (AvgIpc) is 2.27. The summed E-state index contributed by atoms with van der Waals surface area (Å²) in [5.41, 5.74) is 5.72. The molecule has 2 fully saturated rings. The van der Waals surface area contributed by atoms with Crippen molar-refractivity contribution < 1.29 is 9.53 Å². The lowest BCUT2D eigenvalue weighted by Crippen LogP contribution is -2.60. The van der Waals surface area contributed by atoms with Gasteiger partial charge in [0, 0.05) is 13.1 Å². The van der Waals surface area contributed by atoms with Gasteiger partial charge in [-0.3, -0.25) is 4.79 Å². The molecule has 98 valence electrons. The third-order valence-corrected chi connectivity index (χ3v) is 3.99. The minimum atomic E-state index is -0.616. The number of hydrogen-bond acceptors (Lipinski definition) is 3. The van der Waals surface area contributed by atoms with E-state index in [1.807, 2.05) is 11.8 Å². The fourth-order valence-electron chi connectivity index (χ4n) is 3.10. The summed E-state index contributed by atoms with van der Waals surface area (Å²) in [4.78, 5) is 14.4. The van der Waals surface area contributed by atoms with Crippen LogP contribution in [-0.2, 0) is 9.53 Å². The van der Waals surface area contributed by atoms with Gasteiger partial charge in [0.25, 0.3) is 0 Å². The summed E-state index contributed by atoms with van der Waals surface area (Å²) >= 11 is 0. The molecule has 2 N–H and O–H groups in total. The SMILES string of the molecule is CC1CCCC(N)(C(=O)N2CCOC(C)C2)C1. The fourth-order valence-corrected chi connectivity index (χ4v) is 3.10. The molecule has 0 aromatic heterocycles. The van der Waals surface area contributed by atoms with E-state index in [-0.39, 0.29) is 12.0 Å². The van der Waals surface area contributed by atoms with Gasteiger partial charge >= 0.3 is 0 Å². The van der Waals surface area contributed by atoms with Crippen LogP contribution in [0.1, 0.15) is 39.5 Å². The Hall–Kier alpha value is -0.610. The van der Waals surface area contributed by atoms with Gasteiger partial charge in [0.2, 0.25) is 5.91 Å². The smallest absolute Gasteiger partial charge is 0.242 e. The number of morpholine rings is 1. The standard InChI is InChI=1S/C13H24N2O2/c1-10-4-3-5-13(14,8-10)12(16)15-6-7-17-11(2)9-15/h10-11H,3-9,14H2,1-2H3. The lowest BCUT2D eigenvalue weighted by molar-refractivity contribution is -0.145. The van der Waals surface area contributed by atoms with Crippen molar-refractivity contribution in [2.75, 3.05) is 19.7 Å². The number of carbonyl (C=O) groups is 1. The molecule has 3 atom stereocenters. The maximum absolute atomic E-state index is 12.5. The summed E-state index contributed by atoms with van der Waals surface area (Å²) in [5.74, 6) is 0.704. The highest BCUT2D eigenvalue weighted by atomic mass is 16.5. The summed E-state index contributed by atoms with van der Waals surface area (Å²) in [6.45, 7) is 6.21. The number of ether oxygens (including phenoxy) is 1. The van der Waals surface area contributed by atoms with Crippen LogP contribution in [0.25, 0.3) is 0 Å². The Balaban J connectivity index is 2.02. The number of rotatable bonds is 1. The monoisotopic (exact) mass is 240 g/mol. The highest BCUT2D eigenvalue weighted by molar-refractivity contribution is 5.86. The third-order valence-electron chi connectivity index (χ3n) is 3.99. The summed E-state index contributed by atoms with van der Waals surface area (Å²) in [5, 5.41) is 0. The van der Waals surface area contributed by atoms with E-state index >= 15 is 0 Å². The summed E-state index contributed by atoms with van der Waals surface area (Å²) in [6.07, 6.45) is 4.08. The second kappa shape index (κ2) is 4.94. The lowest BCUT2D eigenvalue weighted by Gasteiger charge is -2.41. The third kappa shape index (κ3) is 2.80. The van der Waals surface area contributed by atoms with Crippen LogP contribution in [0.5, 0.6) is 0 Å². The van der Waals surface area contributed by atoms with Crippen molar-refractivity contribution in [3.63, 3.8) is 0 Å². The number of nitrogens with two attached hydrogens (primary N) is 1. The van der Waals surface area contributed by atoms with Gasteiger partial charge in [-0.2, -0.15) is 0 Å². The van der Waals surface area contributed by atoms with E-state index in [0.717, 1.165) is 19.3 Å². The van der Waals surface area contributed by atoms with Gasteiger partial charge in [-0.05, 0) is 25.7 Å². The summed E-state index contributed by atoms with van der Waals surface area (Å²) in [7, 11) is 0. The second-order valence-electron chi connectivity index (χ2n) is 5.79. The van der Waals surface area contributed by atoms with E-state index in [1.165, 1.54) is 6.42 Å². The van der Waals surface area contributed by atoms with Crippen LogP contribution in [0.3, 0.4) is 0 Å². The van der Waals surface area contributed by atoms with E-state index < -0.39 is 5.54 Å². The van der Waals surface area contributed by atoms with Crippen molar-refractivity contribution in [1.29, 1.82) is 0 Å². The molecule has 1 aliphatic heterocycles. The quantitative estimate of drug-likeness (QED) is 0.748. The first-order valence-electron chi connectivity index (χ1n) is 6.71. The van der Waals surface area contributed by atoms with E-state index in [4.69, 9.17) is 10.5 Å². The number of carbonyl (C=O) groups excluding carboxylic acids is 1. The molecule has 0 bridgehead atoms. The molecule has 1 saturated carbocycles. The van der Waals surface area contributed by atoms with Gasteiger partial charge in [0.05, 0.1) is 18.2 Å². The Morgan fingerprint density at radius 1 is 1.47 bits per heavy atom. The zero-order chi connectivity index (χ0) is 12.5. The van der Waals surface area contributed by atoms with Crippen molar-refractivity contribution in [2.24, 2.45) is 11.7 Å². The summed E-state index contributed by atoms with van der Waals surface area (Å²) < 4.78 is 5.46. The molecule has 1 heterocycles. The highest BCUT2D eigenvalue weighted by Gasteiger charge is 2.41. The van der Waals surface area contributed by atoms with Crippen molar-refractivity contribution in [3.05, 3.63) is 0 Å². The maximum Gasteiger partial charge on any atom is 0.242 e. The number of amides is 1. The Bertz CT molecular complexity index is 295. The number of hydrogen-bond donors (Lipinski definition) is 1. The molecule has 1 saturated heterocycles. The van der Waals surface area contributed by atoms with Crippen molar-refractivity contribution in [1.82, 2.24) is 4.90 Å². The van der Waals surface area contributed by atoms with Gasteiger partial charge in [-0.15, -0.1) is 0 Å². The molecule has 0 radical (unpaired) electrons. The van der Waals surface area contributed by atoms with Gasteiger partial charge in [0.1, 0.15) is 0 Å². The van der Waals surface area contributed by atoms with Crippen LogP contribution in [0.2, 0.25) is 0 Å². The van der Waals surface area contributed by atoms with Gasteiger partial charge in [-0.1, -0.05) is 19.8 Å². The zero-order valence-corrected chi connectivity index (χ0v) is 10.9. The molecule has 4 nitrogen and oxygen atoms in total. The van der Waals surface area contributed by atoms with Crippen molar-refractivity contribution in [2.45, 2.75) is 51.2 Å². The fraction of sp³-hybridized carbons (Fsp3) is 0.923. The zero-order valence-electron chi connectivity index (χ0n) is 10.9. The Kier molecular flexibility index (Phi) is 3.73. The molecule has 17 heavy (non-hydrogen) atoms. The van der Waals surface area contributed by atoms with E-state index in [9.17, 15) is 4.79 Å². The second-order valence-corrected chi connectivity index (χ2v) is 5.79. The number of nitrogens with zero attached hydrogens (tertiary/aromatic N) is 1. The Morgan fingerprint density at radius 2 is 2.24 bits per heavy atom. The average molecular weight is 240 g/mol. The normalized spacial score (nSPS) is 39.1. The molecule has 2 aliphatic rings. The molecule has 2 rings (SSSR count). The van der Waals surface area contributed by atoms with Crippen LogP contribution in [0.15, 0.2) is 0 Å². The first-order chi connectivity index (χ1) is 8.01. The van der Waals surface area contributed by atoms with Crippen LogP contribution in [0.4, 0.5) is 0 Å². The minimum absolute atomic E-state index is 0.136.